The van der Waals surface area contributed by atoms with Gasteiger partial charge in [0.2, 0.25) is 6.79 Å². The fourth-order valence-corrected chi connectivity index (χ4v) is 3.94. The normalized spacial score (nSPS) is 14.4. The van der Waals surface area contributed by atoms with Gasteiger partial charge in [-0.25, -0.2) is 0 Å². The fourth-order valence-electron chi connectivity index (χ4n) is 3.24. The Morgan fingerprint density at radius 1 is 1.19 bits per heavy atom. The summed E-state index contributed by atoms with van der Waals surface area (Å²) in [6.45, 7) is 8.21. The van der Waals surface area contributed by atoms with Gasteiger partial charge in [-0.2, -0.15) is 11.3 Å². The van der Waals surface area contributed by atoms with Gasteiger partial charge in [-0.15, -0.1) is 0 Å². The maximum atomic E-state index is 5.44. The molecule has 3 rings (SSSR count). The topological polar surface area (TPSA) is 58.1 Å². The molecule has 0 fully saturated rings. The highest BCUT2D eigenvalue weighted by molar-refractivity contribution is 7.07. The molecule has 1 unspecified atom stereocenters. The molecule has 1 aliphatic rings. The van der Waals surface area contributed by atoms with Crippen LogP contribution in [-0.4, -0.2) is 44.3 Å². The predicted octanol–water partition coefficient (Wildman–Crippen LogP) is 3.22. The van der Waals surface area contributed by atoms with Crippen LogP contribution >= 0.6 is 11.3 Å². The zero-order chi connectivity index (χ0) is 19.1. The van der Waals surface area contributed by atoms with Crippen molar-refractivity contribution in [3.63, 3.8) is 0 Å². The highest BCUT2D eigenvalue weighted by Gasteiger charge is 2.19. The number of benzene rings is 1. The number of rotatable bonds is 8. The number of hydrogen-bond donors (Lipinski definition) is 2. The van der Waals surface area contributed by atoms with Gasteiger partial charge in [0.15, 0.2) is 17.5 Å². The van der Waals surface area contributed by atoms with Gasteiger partial charge in [0, 0.05) is 20.1 Å². The van der Waals surface area contributed by atoms with E-state index in [4.69, 9.17) is 9.47 Å². The van der Waals surface area contributed by atoms with Gasteiger partial charge in [-0.3, -0.25) is 9.89 Å². The minimum absolute atomic E-state index is 0.296. The molecule has 0 spiro atoms. The van der Waals surface area contributed by atoms with E-state index >= 15 is 0 Å². The molecule has 1 aromatic carbocycles. The van der Waals surface area contributed by atoms with Crippen molar-refractivity contribution in [1.82, 2.24) is 15.5 Å². The van der Waals surface area contributed by atoms with Gasteiger partial charge in [0.25, 0.3) is 0 Å². The molecule has 7 heteroatoms. The Morgan fingerprint density at radius 3 is 2.70 bits per heavy atom. The monoisotopic (exact) mass is 388 g/mol. The Labute approximate surface area is 165 Å². The van der Waals surface area contributed by atoms with Crippen LogP contribution in [0.2, 0.25) is 0 Å². The van der Waals surface area contributed by atoms with Crippen molar-refractivity contribution in [2.24, 2.45) is 4.99 Å². The van der Waals surface area contributed by atoms with E-state index in [2.05, 4.69) is 51.2 Å². The number of aliphatic imine (C=N–C) groups is 1. The minimum atomic E-state index is 0.296. The molecule has 1 atom stereocenters. The summed E-state index contributed by atoms with van der Waals surface area (Å²) in [4.78, 5) is 6.82. The number of nitrogens with one attached hydrogen (secondary N) is 2. The first kappa shape index (κ1) is 19.5. The van der Waals surface area contributed by atoms with Crippen molar-refractivity contribution >= 4 is 17.3 Å². The Balaban J connectivity index is 1.57. The highest BCUT2D eigenvalue weighted by Crippen LogP contribution is 2.32. The van der Waals surface area contributed by atoms with Crippen LogP contribution in [0.5, 0.6) is 11.5 Å². The Kier molecular flexibility index (Phi) is 6.95. The summed E-state index contributed by atoms with van der Waals surface area (Å²) in [6, 6.07) is 8.53. The summed E-state index contributed by atoms with van der Waals surface area (Å²) in [6.07, 6.45) is 0. The van der Waals surface area contributed by atoms with Crippen LogP contribution in [0, 0.1) is 0 Å². The van der Waals surface area contributed by atoms with Crippen LogP contribution < -0.4 is 20.1 Å². The van der Waals surface area contributed by atoms with Crippen LogP contribution in [0.4, 0.5) is 0 Å². The second-order valence-electron chi connectivity index (χ2n) is 6.29. The molecule has 1 aliphatic heterocycles. The molecule has 6 nitrogen and oxygen atoms in total. The van der Waals surface area contributed by atoms with Gasteiger partial charge in [0.05, 0.1) is 6.04 Å². The molecule has 2 heterocycles. The van der Waals surface area contributed by atoms with Crippen LogP contribution in [0.25, 0.3) is 0 Å². The van der Waals surface area contributed by atoms with Gasteiger partial charge in [-0.1, -0.05) is 19.9 Å². The molecule has 0 saturated heterocycles. The third kappa shape index (κ3) is 4.93. The number of ether oxygens (including phenoxy) is 2. The molecule has 0 aliphatic carbocycles. The molecule has 0 amide bonds. The molecule has 146 valence electrons. The van der Waals surface area contributed by atoms with Gasteiger partial charge < -0.3 is 20.1 Å². The molecule has 0 radical (unpaired) electrons. The third-order valence-electron chi connectivity index (χ3n) is 4.76. The second-order valence-corrected chi connectivity index (χ2v) is 7.07. The quantitative estimate of drug-likeness (QED) is 0.537. The Bertz CT molecular complexity index is 744. The number of nitrogens with zero attached hydrogens (tertiary/aromatic N) is 2. The third-order valence-corrected chi connectivity index (χ3v) is 5.47. The Hall–Kier alpha value is -2.25. The summed E-state index contributed by atoms with van der Waals surface area (Å²) in [7, 11) is 1.80. The lowest BCUT2D eigenvalue weighted by atomic mass is 10.1. The molecular weight excluding hydrogens is 360 g/mol. The largest absolute Gasteiger partial charge is 0.454 e. The number of fused-ring (bicyclic) bond motifs is 1. The number of hydrogen-bond acceptors (Lipinski definition) is 5. The van der Waals surface area contributed by atoms with Crippen molar-refractivity contribution in [3.05, 3.63) is 46.2 Å². The second kappa shape index (κ2) is 9.62. The SMILES string of the molecule is CCN(CC)C(CNC(=NC)NCc1ccc2c(c1)OCO2)c1ccsc1. The number of guanidine groups is 1. The van der Waals surface area contributed by atoms with E-state index in [0.29, 0.717) is 19.4 Å². The molecule has 0 bridgehead atoms. The summed E-state index contributed by atoms with van der Waals surface area (Å²) >= 11 is 1.74. The van der Waals surface area contributed by atoms with Crippen LogP contribution in [0.3, 0.4) is 0 Å². The number of thiophene rings is 1. The molecule has 1 aromatic heterocycles. The van der Waals surface area contributed by atoms with Crippen molar-refractivity contribution in [2.75, 3.05) is 33.5 Å². The van der Waals surface area contributed by atoms with Crippen molar-refractivity contribution in [3.8, 4) is 11.5 Å². The van der Waals surface area contributed by atoms with E-state index in [1.54, 1.807) is 18.4 Å². The zero-order valence-electron chi connectivity index (χ0n) is 16.2. The van der Waals surface area contributed by atoms with Crippen molar-refractivity contribution in [1.29, 1.82) is 0 Å². The van der Waals surface area contributed by atoms with Gasteiger partial charge in [0.1, 0.15) is 0 Å². The lowest BCUT2D eigenvalue weighted by molar-refractivity contribution is 0.174. The summed E-state index contributed by atoms with van der Waals surface area (Å²) < 4.78 is 10.8. The van der Waals surface area contributed by atoms with Gasteiger partial charge >= 0.3 is 0 Å². The maximum absolute atomic E-state index is 5.44. The van der Waals surface area contributed by atoms with E-state index in [1.165, 1.54) is 5.56 Å². The first-order chi connectivity index (χ1) is 13.2. The van der Waals surface area contributed by atoms with E-state index in [0.717, 1.165) is 42.7 Å². The molecular formula is C20H28N4O2S. The summed E-state index contributed by atoms with van der Waals surface area (Å²) in [5.74, 6) is 2.40. The van der Waals surface area contributed by atoms with Crippen LogP contribution in [0.15, 0.2) is 40.0 Å². The number of likely N-dealkylation sites (N-methyl/N-ethyl adjacent to an activating group) is 1. The highest BCUT2D eigenvalue weighted by atomic mass is 32.1. The van der Waals surface area contributed by atoms with Crippen molar-refractivity contribution < 1.29 is 9.47 Å². The van der Waals surface area contributed by atoms with Crippen LogP contribution in [0.1, 0.15) is 31.0 Å². The lowest BCUT2D eigenvalue weighted by Gasteiger charge is -2.30. The van der Waals surface area contributed by atoms with E-state index in [-0.39, 0.29) is 0 Å². The van der Waals surface area contributed by atoms with E-state index in [9.17, 15) is 0 Å². The minimum Gasteiger partial charge on any atom is -0.454 e. The average Bonchev–Trinajstić information content (AvgIpc) is 3.38. The smallest absolute Gasteiger partial charge is 0.231 e. The van der Waals surface area contributed by atoms with E-state index < -0.39 is 0 Å². The fraction of sp³-hybridized carbons (Fsp3) is 0.450. The molecule has 2 aromatic rings. The van der Waals surface area contributed by atoms with E-state index in [1.807, 2.05) is 18.2 Å². The zero-order valence-corrected chi connectivity index (χ0v) is 17.0. The summed E-state index contributed by atoms with van der Waals surface area (Å²) in [5, 5.41) is 11.2. The first-order valence-electron chi connectivity index (χ1n) is 9.34. The van der Waals surface area contributed by atoms with Crippen LogP contribution in [-0.2, 0) is 6.54 Å². The first-order valence-corrected chi connectivity index (χ1v) is 10.3. The maximum Gasteiger partial charge on any atom is 0.231 e. The summed E-state index contributed by atoms with van der Waals surface area (Å²) in [5.41, 5.74) is 2.47. The Morgan fingerprint density at radius 2 is 2.00 bits per heavy atom. The molecule has 2 N–H and O–H groups in total. The molecule has 27 heavy (non-hydrogen) atoms. The average molecular weight is 389 g/mol. The van der Waals surface area contributed by atoms with Gasteiger partial charge in [-0.05, 0) is 53.2 Å². The standard InChI is InChI=1S/C20H28N4O2S/c1-4-24(5-2)17(16-8-9-27-13-16)12-23-20(21-3)22-11-15-6-7-18-19(10-15)26-14-25-18/h6-10,13,17H,4-5,11-12,14H2,1-3H3,(H2,21,22,23). The molecule has 0 saturated carbocycles. The van der Waals surface area contributed by atoms with Crippen molar-refractivity contribution in [2.45, 2.75) is 26.4 Å². The predicted molar refractivity (Wildman–Crippen MR) is 111 cm³/mol. The lowest BCUT2D eigenvalue weighted by Crippen LogP contribution is -2.42.